The van der Waals surface area contributed by atoms with Crippen LogP contribution in [0.3, 0.4) is 0 Å². The van der Waals surface area contributed by atoms with Crippen LogP contribution < -0.4 is 5.32 Å². The number of hydrogen-bond acceptors (Lipinski definition) is 2. The first-order chi connectivity index (χ1) is 9.08. The lowest BCUT2D eigenvalue weighted by molar-refractivity contribution is 0.0760. The highest BCUT2D eigenvalue weighted by Gasteiger charge is 2.21. The highest BCUT2D eigenvalue weighted by atomic mass is 19.1. The zero-order chi connectivity index (χ0) is 13.8. The molecule has 4 heteroatoms. The normalized spacial score (nSPS) is 19.2. The lowest BCUT2D eigenvalue weighted by Gasteiger charge is -2.27. The van der Waals surface area contributed by atoms with Crippen LogP contribution in [0.15, 0.2) is 18.2 Å². The monoisotopic (exact) mass is 264 g/mol. The lowest BCUT2D eigenvalue weighted by atomic mass is 9.99. The van der Waals surface area contributed by atoms with Gasteiger partial charge in [-0.15, -0.1) is 0 Å². The molecule has 0 aliphatic carbocycles. The second-order valence-electron chi connectivity index (χ2n) is 5.38. The van der Waals surface area contributed by atoms with E-state index in [1.807, 2.05) is 6.92 Å². The van der Waals surface area contributed by atoms with Crippen LogP contribution in [0.1, 0.15) is 28.8 Å². The Morgan fingerprint density at radius 2 is 2.32 bits per heavy atom. The Morgan fingerprint density at radius 1 is 1.53 bits per heavy atom. The number of hydrogen-bond donors (Lipinski definition) is 1. The number of carbonyl (C=O) groups excluding carboxylic acids is 1. The largest absolute Gasteiger partial charge is 0.341 e. The van der Waals surface area contributed by atoms with Crippen LogP contribution in [0.5, 0.6) is 0 Å². The summed E-state index contributed by atoms with van der Waals surface area (Å²) >= 11 is 0. The maximum absolute atomic E-state index is 13.7. The number of rotatable bonds is 3. The van der Waals surface area contributed by atoms with E-state index in [9.17, 15) is 9.18 Å². The molecule has 1 fully saturated rings. The molecule has 1 heterocycles. The lowest BCUT2D eigenvalue weighted by Crippen LogP contribution is -2.39. The smallest absolute Gasteiger partial charge is 0.256 e. The van der Waals surface area contributed by atoms with Gasteiger partial charge in [-0.3, -0.25) is 4.79 Å². The zero-order valence-electron chi connectivity index (χ0n) is 11.6. The standard InChI is InChI=1S/C15H21FN2O/c1-11-5-6-14(16)13(8-11)15(19)18(2)10-12-4-3-7-17-9-12/h5-6,8,12,17H,3-4,7,9-10H2,1-2H3. The molecule has 1 aliphatic rings. The fraction of sp³-hybridized carbons (Fsp3) is 0.533. The molecular weight excluding hydrogens is 243 g/mol. The quantitative estimate of drug-likeness (QED) is 0.907. The fourth-order valence-corrected chi connectivity index (χ4v) is 2.56. The van der Waals surface area contributed by atoms with Crippen LogP contribution in [0, 0.1) is 18.7 Å². The second-order valence-corrected chi connectivity index (χ2v) is 5.38. The van der Waals surface area contributed by atoms with Gasteiger partial charge >= 0.3 is 0 Å². The van der Waals surface area contributed by atoms with Gasteiger partial charge in [-0.25, -0.2) is 4.39 Å². The van der Waals surface area contributed by atoms with Crippen molar-refractivity contribution in [2.75, 3.05) is 26.7 Å². The molecule has 1 amide bonds. The SMILES string of the molecule is Cc1ccc(F)c(C(=O)N(C)CC2CCCNC2)c1. The van der Waals surface area contributed by atoms with Gasteiger partial charge in [0.25, 0.3) is 5.91 Å². The van der Waals surface area contributed by atoms with Crippen LogP contribution in [0.25, 0.3) is 0 Å². The van der Waals surface area contributed by atoms with Gasteiger partial charge in [0.15, 0.2) is 0 Å². The molecule has 19 heavy (non-hydrogen) atoms. The van der Waals surface area contributed by atoms with E-state index in [1.165, 1.54) is 6.07 Å². The van der Waals surface area contributed by atoms with Crippen LogP contribution in [-0.4, -0.2) is 37.5 Å². The van der Waals surface area contributed by atoms with E-state index in [0.717, 1.165) is 31.5 Å². The molecule has 0 spiro atoms. The van der Waals surface area contributed by atoms with Crippen molar-refractivity contribution in [1.82, 2.24) is 10.2 Å². The van der Waals surface area contributed by atoms with Crippen LogP contribution in [0.2, 0.25) is 0 Å². The van der Waals surface area contributed by atoms with E-state index in [4.69, 9.17) is 0 Å². The van der Waals surface area contributed by atoms with Gasteiger partial charge in [0.2, 0.25) is 0 Å². The minimum absolute atomic E-state index is 0.172. The number of nitrogens with zero attached hydrogens (tertiary/aromatic N) is 1. The topological polar surface area (TPSA) is 32.3 Å². The van der Waals surface area contributed by atoms with E-state index in [2.05, 4.69) is 5.32 Å². The summed E-state index contributed by atoms with van der Waals surface area (Å²) in [6.07, 6.45) is 2.27. The van der Waals surface area contributed by atoms with E-state index >= 15 is 0 Å². The molecule has 1 unspecified atom stereocenters. The van der Waals surface area contributed by atoms with Crippen LogP contribution in [-0.2, 0) is 0 Å². The number of amides is 1. The van der Waals surface area contributed by atoms with Gasteiger partial charge in [0.1, 0.15) is 5.82 Å². The first-order valence-corrected chi connectivity index (χ1v) is 6.80. The maximum atomic E-state index is 13.7. The average Bonchev–Trinajstić information content (AvgIpc) is 2.42. The maximum Gasteiger partial charge on any atom is 0.256 e. The van der Waals surface area contributed by atoms with Crippen molar-refractivity contribution in [3.8, 4) is 0 Å². The van der Waals surface area contributed by atoms with Gasteiger partial charge in [0.05, 0.1) is 5.56 Å². The molecule has 0 radical (unpaired) electrons. The van der Waals surface area contributed by atoms with E-state index in [1.54, 1.807) is 24.1 Å². The molecule has 1 aromatic carbocycles. The van der Waals surface area contributed by atoms with Crippen molar-refractivity contribution >= 4 is 5.91 Å². The summed E-state index contributed by atoms with van der Waals surface area (Å²) in [7, 11) is 1.75. The Hall–Kier alpha value is -1.42. The Labute approximate surface area is 113 Å². The van der Waals surface area contributed by atoms with Crippen molar-refractivity contribution in [2.24, 2.45) is 5.92 Å². The van der Waals surface area contributed by atoms with E-state index in [0.29, 0.717) is 12.5 Å². The molecule has 0 saturated carbocycles. The Morgan fingerprint density at radius 3 is 3.00 bits per heavy atom. The first kappa shape index (κ1) is 14.0. The summed E-state index contributed by atoms with van der Waals surface area (Å²) in [5.41, 5.74) is 1.07. The van der Waals surface area contributed by atoms with Crippen LogP contribution in [0.4, 0.5) is 4.39 Å². The molecule has 1 N–H and O–H groups in total. The van der Waals surface area contributed by atoms with Gasteiger partial charge in [0, 0.05) is 13.6 Å². The van der Waals surface area contributed by atoms with Gasteiger partial charge < -0.3 is 10.2 Å². The minimum Gasteiger partial charge on any atom is -0.341 e. The third-order valence-corrected chi connectivity index (χ3v) is 3.63. The van der Waals surface area contributed by atoms with Gasteiger partial charge in [-0.2, -0.15) is 0 Å². The molecule has 104 valence electrons. The second kappa shape index (κ2) is 6.15. The third kappa shape index (κ3) is 3.53. The summed E-state index contributed by atoms with van der Waals surface area (Å²) in [5, 5.41) is 3.33. The van der Waals surface area contributed by atoms with Crippen LogP contribution >= 0.6 is 0 Å². The first-order valence-electron chi connectivity index (χ1n) is 6.80. The summed E-state index contributed by atoms with van der Waals surface area (Å²) in [6, 6.07) is 4.66. The predicted octanol–water partition coefficient (Wildman–Crippen LogP) is 2.21. The average molecular weight is 264 g/mol. The number of aryl methyl sites for hydroxylation is 1. The molecule has 3 nitrogen and oxygen atoms in total. The Bertz CT molecular complexity index is 455. The summed E-state index contributed by atoms with van der Waals surface area (Å²) in [5.74, 6) is -0.202. The molecule has 1 atom stereocenters. The molecule has 0 bridgehead atoms. The van der Waals surface area contributed by atoms with E-state index < -0.39 is 5.82 Å². The van der Waals surface area contributed by atoms with Gasteiger partial charge in [-0.05, 0) is 50.9 Å². The number of piperidine rings is 1. The zero-order valence-corrected chi connectivity index (χ0v) is 11.6. The minimum atomic E-state index is -0.441. The summed E-state index contributed by atoms with van der Waals surface area (Å²) in [4.78, 5) is 13.9. The summed E-state index contributed by atoms with van der Waals surface area (Å²) < 4.78 is 13.7. The van der Waals surface area contributed by atoms with E-state index in [-0.39, 0.29) is 11.5 Å². The highest BCUT2D eigenvalue weighted by molar-refractivity contribution is 5.94. The summed E-state index contributed by atoms with van der Waals surface area (Å²) in [6.45, 7) is 4.54. The Balaban J connectivity index is 2.03. The predicted molar refractivity (Wildman–Crippen MR) is 73.7 cm³/mol. The van der Waals surface area contributed by atoms with Crippen molar-refractivity contribution < 1.29 is 9.18 Å². The Kier molecular flexibility index (Phi) is 4.53. The molecule has 1 aromatic rings. The molecular formula is C15H21FN2O. The molecule has 1 saturated heterocycles. The fourth-order valence-electron chi connectivity index (χ4n) is 2.56. The highest BCUT2D eigenvalue weighted by Crippen LogP contribution is 2.15. The molecule has 0 aromatic heterocycles. The number of benzene rings is 1. The van der Waals surface area contributed by atoms with Crippen molar-refractivity contribution in [2.45, 2.75) is 19.8 Å². The third-order valence-electron chi connectivity index (χ3n) is 3.63. The van der Waals surface area contributed by atoms with Gasteiger partial charge in [-0.1, -0.05) is 11.6 Å². The molecule has 1 aliphatic heterocycles. The van der Waals surface area contributed by atoms with Crippen molar-refractivity contribution in [3.05, 3.63) is 35.1 Å². The number of carbonyl (C=O) groups is 1. The number of halogens is 1. The molecule has 2 rings (SSSR count). The van der Waals surface area contributed by atoms with Crippen molar-refractivity contribution in [1.29, 1.82) is 0 Å². The van der Waals surface area contributed by atoms with Crippen molar-refractivity contribution in [3.63, 3.8) is 0 Å². The number of nitrogens with one attached hydrogen (secondary N) is 1.